The summed E-state index contributed by atoms with van der Waals surface area (Å²) < 4.78 is 6.26. The highest BCUT2D eigenvalue weighted by Crippen LogP contribution is 2.47. The van der Waals surface area contributed by atoms with Gasteiger partial charge in [-0.1, -0.05) is 36.4 Å². The van der Waals surface area contributed by atoms with E-state index in [4.69, 9.17) is 4.74 Å². The van der Waals surface area contributed by atoms with E-state index < -0.39 is 6.10 Å². The maximum atomic E-state index is 10.5. The molecule has 0 aliphatic carbocycles. The summed E-state index contributed by atoms with van der Waals surface area (Å²) in [5.74, 6) is 0.752. The van der Waals surface area contributed by atoms with Crippen molar-refractivity contribution in [2.45, 2.75) is 37.5 Å². The van der Waals surface area contributed by atoms with Crippen LogP contribution in [0.3, 0.4) is 0 Å². The fraction of sp³-hybridized carbons (Fsp3) is 0.400. The molecule has 2 heterocycles. The number of likely N-dealkylation sites (tertiary alicyclic amines) is 1. The highest BCUT2D eigenvalue weighted by atomic mass is 16.5. The lowest BCUT2D eigenvalue weighted by Crippen LogP contribution is -2.50. The molecule has 4 rings (SSSR count). The summed E-state index contributed by atoms with van der Waals surface area (Å²) in [5, 5.41) is 20.5. The number of fused-ring (bicyclic) bond motifs is 1. The van der Waals surface area contributed by atoms with Crippen molar-refractivity contribution in [2.75, 3.05) is 13.1 Å². The quantitative estimate of drug-likeness (QED) is 0.890. The highest BCUT2D eigenvalue weighted by Gasteiger charge is 2.43. The van der Waals surface area contributed by atoms with Gasteiger partial charge in [0.2, 0.25) is 0 Å². The summed E-state index contributed by atoms with van der Waals surface area (Å²) in [5.41, 5.74) is 1.55. The van der Waals surface area contributed by atoms with Gasteiger partial charge in [-0.05, 0) is 30.5 Å². The van der Waals surface area contributed by atoms with Crippen LogP contribution in [0, 0.1) is 0 Å². The zero-order valence-electron chi connectivity index (χ0n) is 13.7. The van der Waals surface area contributed by atoms with Crippen LogP contribution < -0.4 is 4.74 Å². The van der Waals surface area contributed by atoms with Crippen molar-refractivity contribution in [1.29, 1.82) is 0 Å². The molecule has 2 aliphatic rings. The fourth-order valence-corrected chi connectivity index (χ4v) is 3.95. The third-order valence-electron chi connectivity index (χ3n) is 5.28. The smallest absolute Gasteiger partial charge is 0.129 e. The zero-order chi connectivity index (χ0) is 16.6. The molecule has 0 saturated carbocycles. The Morgan fingerprint density at radius 1 is 1.04 bits per heavy atom. The summed E-state index contributed by atoms with van der Waals surface area (Å²) >= 11 is 0. The molecule has 1 saturated heterocycles. The number of aliphatic hydroxyl groups excluding tert-OH is 1. The Labute approximate surface area is 142 Å². The van der Waals surface area contributed by atoms with Crippen LogP contribution in [-0.2, 0) is 6.54 Å². The van der Waals surface area contributed by atoms with Crippen molar-refractivity contribution in [3.63, 3.8) is 0 Å². The number of aromatic hydroxyl groups is 1. The number of rotatable bonds is 2. The molecule has 0 amide bonds. The first kappa shape index (κ1) is 15.5. The summed E-state index contributed by atoms with van der Waals surface area (Å²) in [4.78, 5) is 2.44. The Morgan fingerprint density at radius 3 is 2.54 bits per heavy atom. The Morgan fingerprint density at radius 2 is 1.79 bits per heavy atom. The predicted molar refractivity (Wildman–Crippen MR) is 92.0 cm³/mol. The number of hydrogen-bond acceptors (Lipinski definition) is 4. The third kappa shape index (κ3) is 2.87. The van der Waals surface area contributed by atoms with E-state index in [1.54, 1.807) is 12.1 Å². The second-order valence-corrected chi connectivity index (χ2v) is 6.96. The number of hydrogen-bond donors (Lipinski definition) is 2. The topological polar surface area (TPSA) is 52.9 Å². The molecule has 1 atom stereocenters. The average Bonchev–Trinajstić information content (AvgIpc) is 2.58. The van der Waals surface area contributed by atoms with Crippen LogP contribution in [0.4, 0.5) is 0 Å². The van der Waals surface area contributed by atoms with E-state index in [0.717, 1.165) is 32.5 Å². The molecule has 4 nitrogen and oxygen atoms in total. The summed E-state index contributed by atoms with van der Waals surface area (Å²) in [6.07, 6.45) is 1.69. The molecule has 2 aliphatic heterocycles. The molecular formula is C20H23NO3. The van der Waals surface area contributed by atoms with Gasteiger partial charge in [0.15, 0.2) is 0 Å². The summed E-state index contributed by atoms with van der Waals surface area (Å²) in [6.45, 7) is 2.86. The number of phenols is 1. The van der Waals surface area contributed by atoms with Crippen molar-refractivity contribution in [3.05, 3.63) is 59.7 Å². The van der Waals surface area contributed by atoms with Gasteiger partial charge < -0.3 is 14.9 Å². The van der Waals surface area contributed by atoms with Crippen LogP contribution in [0.2, 0.25) is 0 Å². The number of piperidine rings is 1. The molecule has 24 heavy (non-hydrogen) atoms. The monoisotopic (exact) mass is 325 g/mol. The molecule has 0 radical (unpaired) electrons. The second-order valence-electron chi connectivity index (χ2n) is 6.96. The lowest BCUT2D eigenvalue weighted by molar-refractivity contribution is -0.0558. The highest BCUT2D eigenvalue weighted by molar-refractivity contribution is 5.47. The predicted octanol–water partition coefficient (Wildman–Crippen LogP) is 3.24. The first-order valence-corrected chi connectivity index (χ1v) is 8.60. The van der Waals surface area contributed by atoms with Crippen LogP contribution in [0.5, 0.6) is 11.5 Å². The summed E-state index contributed by atoms with van der Waals surface area (Å²) in [6, 6.07) is 15.7. The van der Waals surface area contributed by atoms with Gasteiger partial charge in [0.25, 0.3) is 0 Å². The van der Waals surface area contributed by atoms with Crippen molar-refractivity contribution < 1.29 is 14.9 Å². The molecule has 2 N–H and O–H groups in total. The maximum absolute atomic E-state index is 10.5. The molecule has 1 fully saturated rings. The SMILES string of the molecule is Oc1cccc2c1C(O)CC1(CCN(Cc3ccccc3)CC1)O2. The Hall–Kier alpha value is -2.04. The van der Waals surface area contributed by atoms with Gasteiger partial charge >= 0.3 is 0 Å². The van der Waals surface area contributed by atoms with Gasteiger partial charge in [-0.25, -0.2) is 0 Å². The van der Waals surface area contributed by atoms with Gasteiger partial charge in [0.1, 0.15) is 17.1 Å². The molecule has 4 heteroatoms. The molecule has 2 aromatic carbocycles. The maximum Gasteiger partial charge on any atom is 0.129 e. The van der Waals surface area contributed by atoms with Crippen molar-refractivity contribution in [1.82, 2.24) is 4.90 Å². The molecule has 126 valence electrons. The Bertz CT molecular complexity index is 708. The van der Waals surface area contributed by atoms with Crippen LogP contribution in [0.1, 0.15) is 36.5 Å². The standard InChI is InChI=1S/C20H23NO3/c22-16-7-4-8-18-19(16)17(23)13-20(24-18)9-11-21(12-10-20)14-15-5-2-1-3-6-15/h1-8,17,22-23H,9-14H2. The zero-order valence-corrected chi connectivity index (χ0v) is 13.7. The van der Waals surface area contributed by atoms with Crippen molar-refractivity contribution >= 4 is 0 Å². The third-order valence-corrected chi connectivity index (χ3v) is 5.28. The molecule has 2 aromatic rings. The Kier molecular flexibility index (Phi) is 3.94. The minimum absolute atomic E-state index is 0.122. The van der Waals surface area contributed by atoms with E-state index in [-0.39, 0.29) is 11.4 Å². The minimum Gasteiger partial charge on any atom is -0.507 e. The number of benzene rings is 2. The van der Waals surface area contributed by atoms with Crippen molar-refractivity contribution in [3.8, 4) is 11.5 Å². The lowest BCUT2D eigenvalue weighted by Gasteiger charge is -2.46. The van der Waals surface area contributed by atoms with Crippen LogP contribution in [0.25, 0.3) is 0 Å². The number of ether oxygens (including phenoxy) is 1. The number of nitrogens with zero attached hydrogens (tertiary/aromatic N) is 1. The van der Waals surface area contributed by atoms with Gasteiger partial charge in [-0.2, -0.15) is 0 Å². The van der Waals surface area contributed by atoms with Gasteiger partial charge in [-0.15, -0.1) is 0 Å². The van der Waals surface area contributed by atoms with Crippen LogP contribution >= 0.6 is 0 Å². The van der Waals surface area contributed by atoms with Crippen molar-refractivity contribution in [2.24, 2.45) is 0 Å². The molecule has 0 aromatic heterocycles. The average molecular weight is 325 g/mol. The number of aliphatic hydroxyl groups is 1. The van der Waals surface area contributed by atoms with E-state index in [2.05, 4.69) is 29.2 Å². The van der Waals surface area contributed by atoms with Gasteiger partial charge in [0, 0.05) is 26.1 Å². The first-order valence-electron chi connectivity index (χ1n) is 8.60. The van der Waals surface area contributed by atoms with E-state index in [0.29, 0.717) is 17.7 Å². The number of phenolic OH excluding ortho intramolecular Hbond substituents is 1. The van der Waals surface area contributed by atoms with Crippen LogP contribution in [-0.4, -0.2) is 33.8 Å². The van der Waals surface area contributed by atoms with Gasteiger partial charge in [-0.3, -0.25) is 4.90 Å². The molecule has 1 unspecified atom stereocenters. The van der Waals surface area contributed by atoms with E-state index in [1.165, 1.54) is 5.56 Å². The largest absolute Gasteiger partial charge is 0.507 e. The van der Waals surface area contributed by atoms with E-state index in [9.17, 15) is 10.2 Å². The first-order chi connectivity index (χ1) is 11.7. The van der Waals surface area contributed by atoms with Crippen LogP contribution in [0.15, 0.2) is 48.5 Å². The minimum atomic E-state index is -0.657. The van der Waals surface area contributed by atoms with E-state index >= 15 is 0 Å². The molecule has 1 spiro atoms. The lowest BCUT2D eigenvalue weighted by atomic mass is 9.81. The Balaban J connectivity index is 1.45. The second kappa shape index (κ2) is 6.11. The molecular weight excluding hydrogens is 302 g/mol. The molecule has 0 bridgehead atoms. The van der Waals surface area contributed by atoms with Gasteiger partial charge in [0.05, 0.1) is 11.7 Å². The normalized spacial score (nSPS) is 22.8. The summed E-state index contributed by atoms with van der Waals surface area (Å²) in [7, 11) is 0. The fourth-order valence-electron chi connectivity index (χ4n) is 3.95. The van der Waals surface area contributed by atoms with E-state index in [1.807, 2.05) is 12.1 Å².